The smallest absolute Gasteiger partial charge is 0.320 e. The van der Waals surface area contributed by atoms with E-state index in [-0.39, 0.29) is 5.92 Å². The highest BCUT2D eigenvalue weighted by atomic mass is 19.3. The van der Waals surface area contributed by atoms with Gasteiger partial charge in [0.25, 0.3) is 5.92 Å². The van der Waals surface area contributed by atoms with Gasteiger partial charge < -0.3 is 10.4 Å². The molecule has 1 atom stereocenters. The summed E-state index contributed by atoms with van der Waals surface area (Å²) in [6, 6.07) is 7.15. The predicted molar refractivity (Wildman–Crippen MR) is 74.0 cm³/mol. The van der Waals surface area contributed by atoms with Crippen LogP contribution < -0.4 is 5.32 Å². The monoisotopic (exact) mass is 285 g/mol. The summed E-state index contributed by atoms with van der Waals surface area (Å²) in [4.78, 5) is 11.0. The van der Waals surface area contributed by atoms with Crippen molar-refractivity contribution in [3.8, 4) is 0 Å². The molecule has 0 saturated carbocycles. The number of halogens is 2. The van der Waals surface area contributed by atoms with Crippen LogP contribution in [0.3, 0.4) is 0 Å². The largest absolute Gasteiger partial charge is 0.480 e. The van der Waals surface area contributed by atoms with Crippen LogP contribution in [0.1, 0.15) is 25.8 Å². The Kier molecular flexibility index (Phi) is 6.07. The first kappa shape index (κ1) is 16.6. The summed E-state index contributed by atoms with van der Waals surface area (Å²) in [6.07, 6.45) is -1.15. The van der Waals surface area contributed by atoms with Crippen LogP contribution in [0, 0.1) is 5.92 Å². The van der Waals surface area contributed by atoms with Crippen LogP contribution in [0.5, 0.6) is 0 Å². The number of benzene rings is 1. The van der Waals surface area contributed by atoms with Gasteiger partial charge in [-0.05, 0) is 18.0 Å². The number of aliphatic carboxylic acids is 1. The molecule has 0 heterocycles. The molecular formula is C15H21F2NO2. The average Bonchev–Trinajstić information content (AvgIpc) is 2.34. The van der Waals surface area contributed by atoms with Gasteiger partial charge in [0.15, 0.2) is 0 Å². The van der Waals surface area contributed by atoms with Crippen LogP contribution in [0.25, 0.3) is 0 Å². The molecule has 0 aliphatic heterocycles. The van der Waals surface area contributed by atoms with Gasteiger partial charge in [-0.2, -0.15) is 0 Å². The van der Waals surface area contributed by atoms with Crippen molar-refractivity contribution in [3.63, 3.8) is 0 Å². The zero-order valence-electron chi connectivity index (χ0n) is 11.8. The third kappa shape index (κ3) is 6.10. The number of hydrogen-bond donors (Lipinski definition) is 2. The van der Waals surface area contributed by atoms with Crippen LogP contribution in [0.15, 0.2) is 30.3 Å². The van der Waals surface area contributed by atoms with E-state index in [1.807, 2.05) is 13.8 Å². The maximum Gasteiger partial charge on any atom is 0.320 e. The van der Waals surface area contributed by atoms with Gasteiger partial charge in [-0.15, -0.1) is 0 Å². The average molecular weight is 285 g/mol. The third-order valence-electron chi connectivity index (χ3n) is 2.88. The van der Waals surface area contributed by atoms with Crippen molar-refractivity contribution in [2.24, 2.45) is 5.92 Å². The molecule has 0 saturated heterocycles. The molecule has 1 aromatic rings. The number of alkyl halides is 2. The first-order valence-corrected chi connectivity index (χ1v) is 6.68. The van der Waals surface area contributed by atoms with Gasteiger partial charge in [0.2, 0.25) is 0 Å². The van der Waals surface area contributed by atoms with Gasteiger partial charge in [0, 0.05) is 12.8 Å². The maximum absolute atomic E-state index is 13.9. The van der Waals surface area contributed by atoms with Crippen molar-refractivity contribution < 1.29 is 18.7 Å². The Hall–Kier alpha value is -1.49. The summed E-state index contributed by atoms with van der Waals surface area (Å²) < 4.78 is 27.9. The molecule has 0 amide bonds. The topological polar surface area (TPSA) is 49.3 Å². The Morgan fingerprint density at radius 2 is 1.90 bits per heavy atom. The lowest BCUT2D eigenvalue weighted by molar-refractivity contribution is -0.142. The number of carboxylic acids is 1. The predicted octanol–water partition coefficient (Wildman–Crippen LogP) is 2.95. The van der Waals surface area contributed by atoms with E-state index < -0.39 is 30.8 Å². The maximum atomic E-state index is 13.9. The van der Waals surface area contributed by atoms with E-state index in [0.717, 1.165) is 0 Å². The van der Waals surface area contributed by atoms with Gasteiger partial charge in [0.1, 0.15) is 6.04 Å². The lowest BCUT2D eigenvalue weighted by Gasteiger charge is -2.22. The second kappa shape index (κ2) is 7.33. The van der Waals surface area contributed by atoms with Crippen molar-refractivity contribution in [3.05, 3.63) is 35.9 Å². The number of hydrogen-bond acceptors (Lipinski definition) is 2. The molecule has 0 unspecified atom stereocenters. The fraction of sp³-hybridized carbons (Fsp3) is 0.533. The SMILES string of the molecule is CC(C)CN[C@@H](CC(F)(F)Cc1ccccc1)C(=O)O. The molecule has 0 aliphatic rings. The first-order chi connectivity index (χ1) is 9.30. The normalized spacial score (nSPS) is 13.4. The zero-order valence-corrected chi connectivity index (χ0v) is 11.8. The Bertz CT molecular complexity index is 421. The van der Waals surface area contributed by atoms with Crippen LogP contribution >= 0.6 is 0 Å². The summed E-state index contributed by atoms with van der Waals surface area (Å²) >= 11 is 0. The summed E-state index contributed by atoms with van der Waals surface area (Å²) in [5.41, 5.74) is 0.505. The van der Waals surface area contributed by atoms with Gasteiger partial charge >= 0.3 is 5.97 Å². The third-order valence-corrected chi connectivity index (χ3v) is 2.88. The number of carboxylic acid groups (broad SMARTS) is 1. The molecular weight excluding hydrogens is 264 g/mol. The van der Waals surface area contributed by atoms with Gasteiger partial charge in [0.05, 0.1) is 0 Å². The number of nitrogens with one attached hydrogen (secondary N) is 1. The quantitative estimate of drug-likeness (QED) is 0.772. The van der Waals surface area contributed by atoms with E-state index in [2.05, 4.69) is 5.32 Å². The molecule has 2 N–H and O–H groups in total. The van der Waals surface area contributed by atoms with Crippen LogP contribution in [0.2, 0.25) is 0 Å². The van der Waals surface area contributed by atoms with E-state index in [0.29, 0.717) is 12.1 Å². The molecule has 112 valence electrons. The molecule has 0 aromatic heterocycles. The van der Waals surface area contributed by atoms with E-state index in [1.165, 1.54) is 0 Å². The van der Waals surface area contributed by atoms with Gasteiger partial charge in [-0.3, -0.25) is 4.79 Å². The summed E-state index contributed by atoms with van der Waals surface area (Å²) in [5, 5.41) is 11.7. The summed E-state index contributed by atoms with van der Waals surface area (Å²) in [7, 11) is 0. The van der Waals surface area contributed by atoms with E-state index in [9.17, 15) is 13.6 Å². The highest BCUT2D eigenvalue weighted by Crippen LogP contribution is 2.25. The Balaban J connectivity index is 2.63. The van der Waals surface area contributed by atoms with E-state index in [4.69, 9.17) is 5.11 Å². The Morgan fingerprint density at radius 3 is 2.40 bits per heavy atom. The minimum atomic E-state index is -3.05. The van der Waals surface area contributed by atoms with Crippen molar-refractivity contribution in [1.29, 1.82) is 0 Å². The highest BCUT2D eigenvalue weighted by molar-refractivity contribution is 5.73. The van der Waals surface area contributed by atoms with Crippen LogP contribution in [0.4, 0.5) is 8.78 Å². The molecule has 20 heavy (non-hydrogen) atoms. The fourth-order valence-electron chi connectivity index (χ4n) is 1.89. The lowest BCUT2D eigenvalue weighted by atomic mass is 10.0. The van der Waals surface area contributed by atoms with Crippen molar-refractivity contribution >= 4 is 5.97 Å². The fourth-order valence-corrected chi connectivity index (χ4v) is 1.89. The Morgan fingerprint density at radius 1 is 1.30 bits per heavy atom. The number of carbonyl (C=O) groups is 1. The summed E-state index contributed by atoms with van der Waals surface area (Å²) in [5.74, 6) is -4.08. The molecule has 1 aromatic carbocycles. The highest BCUT2D eigenvalue weighted by Gasteiger charge is 2.35. The molecule has 0 spiro atoms. The zero-order chi connectivity index (χ0) is 15.2. The molecule has 5 heteroatoms. The van der Waals surface area contributed by atoms with Crippen LogP contribution in [-0.4, -0.2) is 29.6 Å². The van der Waals surface area contributed by atoms with E-state index in [1.54, 1.807) is 30.3 Å². The molecule has 0 radical (unpaired) electrons. The van der Waals surface area contributed by atoms with E-state index >= 15 is 0 Å². The molecule has 0 fully saturated rings. The molecule has 0 bridgehead atoms. The Labute approximate surface area is 118 Å². The van der Waals surface area contributed by atoms with Crippen molar-refractivity contribution in [1.82, 2.24) is 5.32 Å². The minimum absolute atomic E-state index is 0.208. The van der Waals surface area contributed by atoms with Gasteiger partial charge in [-0.25, -0.2) is 8.78 Å². The molecule has 3 nitrogen and oxygen atoms in total. The lowest BCUT2D eigenvalue weighted by Crippen LogP contribution is -2.43. The van der Waals surface area contributed by atoms with Crippen molar-refractivity contribution in [2.45, 2.75) is 38.7 Å². The second-order valence-corrected chi connectivity index (χ2v) is 5.42. The standard InChI is InChI=1S/C15H21F2NO2/c1-11(2)10-18-13(14(19)20)9-15(16,17)8-12-6-4-3-5-7-12/h3-7,11,13,18H,8-10H2,1-2H3,(H,19,20)/t13-/m0/s1. The molecule has 0 aliphatic carbocycles. The van der Waals surface area contributed by atoms with Crippen LogP contribution in [-0.2, 0) is 11.2 Å². The first-order valence-electron chi connectivity index (χ1n) is 6.68. The summed E-state index contributed by atoms with van der Waals surface area (Å²) in [6.45, 7) is 4.19. The minimum Gasteiger partial charge on any atom is -0.480 e. The molecule has 1 rings (SSSR count). The van der Waals surface area contributed by atoms with Gasteiger partial charge in [-0.1, -0.05) is 44.2 Å². The van der Waals surface area contributed by atoms with Crippen molar-refractivity contribution in [2.75, 3.05) is 6.54 Å². The number of rotatable bonds is 8. The second-order valence-electron chi connectivity index (χ2n) is 5.42.